The lowest BCUT2D eigenvalue weighted by Crippen LogP contribution is -2.38. The summed E-state index contributed by atoms with van der Waals surface area (Å²) in [5, 5.41) is 2.00. The van der Waals surface area contributed by atoms with Gasteiger partial charge in [-0.2, -0.15) is 13.2 Å². The Kier molecular flexibility index (Phi) is 7.97. The Bertz CT molecular complexity index is 1300. The van der Waals surface area contributed by atoms with Crippen LogP contribution in [0.3, 0.4) is 0 Å². The number of nitrogens with zero attached hydrogens (tertiary/aromatic N) is 1. The highest BCUT2D eigenvalue weighted by Gasteiger charge is 2.35. The fourth-order valence-electron chi connectivity index (χ4n) is 3.21. The van der Waals surface area contributed by atoms with Gasteiger partial charge in [-0.3, -0.25) is 9.10 Å². The number of hydrogen-bond donors (Lipinski definition) is 1. The predicted molar refractivity (Wildman–Crippen MR) is 128 cm³/mol. The van der Waals surface area contributed by atoms with E-state index in [1.54, 1.807) is 26.0 Å². The molecule has 0 atom stereocenters. The summed E-state index contributed by atoms with van der Waals surface area (Å²) in [7, 11) is -4.24. The van der Waals surface area contributed by atoms with Crippen molar-refractivity contribution in [3.8, 4) is 5.75 Å². The molecule has 3 aromatic rings. The third-order valence-corrected chi connectivity index (χ3v) is 6.92. The van der Waals surface area contributed by atoms with Gasteiger partial charge in [0.2, 0.25) is 5.91 Å². The SMILES string of the molecule is CCOc1ccc(N(CC(=O)Nc2ccc(Cl)cc2C(F)(F)F)S(=O)(=O)c2ccc(C)cc2)cc1. The van der Waals surface area contributed by atoms with Gasteiger partial charge in [-0.05, 0) is 68.4 Å². The van der Waals surface area contributed by atoms with Crippen molar-refractivity contribution >= 4 is 38.9 Å². The van der Waals surface area contributed by atoms with E-state index in [1.807, 2.05) is 0 Å². The van der Waals surface area contributed by atoms with Crippen molar-refractivity contribution in [2.24, 2.45) is 0 Å². The fraction of sp³-hybridized carbons (Fsp3) is 0.208. The Morgan fingerprint density at radius 2 is 1.66 bits per heavy atom. The summed E-state index contributed by atoms with van der Waals surface area (Å²) in [4.78, 5) is 12.7. The number of ether oxygens (including phenoxy) is 1. The second-order valence-electron chi connectivity index (χ2n) is 7.49. The van der Waals surface area contributed by atoms with Crippen LogP contribution in [0.4, 0.5) is 24.5 Å². The van der Waals surface area contributed by atoms with E-state index < -0.39 is 39.9 Å². The third kappa shape index (κ3) is 6.46. The molecule has 0 fully saturated rings. The van der Waals surface area contributed by atoms with Crippen LogP contribution in [-0.2, 0) is 21.0 Å². The van der Waals surface area contributed by atoms with Crippen molar-refractivity contribution < 1.29 is 31.1 Å². The summed E-state index contributed by atoms with van der Waals surface area (Å²) < 4.78 is 73.3. The molecule has 0 aliphatic rings. The molecule has 0 aliphatic carbocycles. The summed E-state index contributed by atoms with van der Waals surface area (Å²) in [6.45, 7) is 3.21. The van der Waals surface area contributed by atoms with E-state index in [1.165, 1.54) is 42.5 Å². The van der Waals surface area contributed by atoms with Crippen LogP contribution in [0, 0.1) is 6.92 Å². The summed E-state index contributed by atoms with van der Waals surface area (Å²) in [6.07, 6.45) is -4.78. The predicted octanol–water partition coefficient (Wildman–Crippen LogP) is 5.90. The van der Waals surface area contributed by atoms with Crippen molar-refractivity contribution in [3.63, 3.8) is 0 Å². The van der Waals surface area contributed by atoms with E-state index in [-0.39, 0.29) is 15.6 Å². The van der Waals surface area contributed by atoms with Crippen LogP contribution in [0.15, 0.2) is 71.6 Å². The number of nitrogens with one attached hydrogen (secondary N) is 1. The number of anilines is 2. The molecule has 0 bridgehead atoms. The molecule has 186 valence electrons. The highest BCUT2D eigenvalue weighted by atomic mass is 35.5. The molecule has 0 heterocycles. The Balaban J connectivity index is 1.97. The highest BCUT2D eigenvalue weighted by Crippen LogP contribution is 2.36. The van der Waals surface area contributed by atoms with Gasteiger partial charge < -0.3 is 10.1 Å². The fourth-order valence-corrected chi connectivity index (χ4v) is 4.80. The number of rotatable bonds is 8. The average molecular weight is 527 g/mol. The maximum Gasteiger partial charge on any atom is 0.418 e. The molecule has 1 N–H and O–H groups in total. The van der Waals surface area contributed by atoms with Crippen LogP contribution >= 0.6 is 11.6 Å². The molecule has 6 nitrogen and oxygen atoms in total. The molecule has 35 heavy (non-hydrogen) atoms. The number of carbonyl (C=O) groups excluding carboxylic acids is 1. The number of hydrogen-bond acceptors (Lipinski definition) is 4. The first kappa shape index (κ1) is 26.4. The topological polar surface area (TPSA) is 75.7 Å². The van der Waals surface area contributed by atoms with Crippen LogP contribution < -0.4 is 14.4 Å². The van der Waals surface area contributed by atoms with Gasteiger partial charge >= 0.3 is 6.18 Å². The zero-order valence-corrected chi connectivity index (χ0v) is 20.3. The molecule has 0 saturated carbocycles. The molecular formula is C24H22ClF3N2O4S. The minimum Gasteiger partial charge on any atom is -0.494 e. The van der Waals surface area contributed by atoms with Gasteiger partial charge in [-0.25, -0.2) is 8.42 Å². The Labute approximate surface area is 206 Å². The number of carbonyl (C=O) groups is 1. The summed E-state index contributed by atoms with van der Waals surface area (Å²) >= 11 is 5.69. The van der Waals surface area contributed by atoms with E-state index >= 15 is 0 Å². The molecule has 0 spiro atoms. The number of amides is 1. The van der Waals surface area contributed by atoms with E-state index in [2.05, 4.69) is 5.32 Å². The lowest BCUT2D eigenvalue weighted by atomic mass is 10.1. The molecule has 0 aromatic heterocycles. The van der Waals surface area contributed by atoms with Gasteiger partial charge in [0.1, 0.15) is 12.3 Å². The molecule has 11 heteroatoms. The van der Waals surface area contributed by atoms with E-state index in [4.69, 9.17) is 16.3 Å². The van der Waals surface area contributed by atoms with Gasteiger partial charge in [-0.15, -0.1) is 0 Å². The number of benzene rings is 3. The second kappa shape index (κ2) is 10.6. The summed E-state index contributed by atoms with van der Waals surface area (Å²) in [5.41, 5.74) is -0.716. The van der Waals surface area contributed by atoms with Crippen LogP contribution in [0.1, 0.15) is 18.1 Å². The van der Waals surface area contributed by atoms with Gasteiger partial charge in [0.25, 0.3) is 10.0 Å². The molecule has 1 amide bonds. The lowest BCUT2D eigenvalue weighted by molar-refractivity contribution is -0.137. The minimum absolute atomic E-state index is 0.0766. The van der Waals surface area contributed by atoms with E-state index in [9.17, 15) is 26.4 Å². The van der Waals surface area contributed by atoms with Gasteiger partial charge in [0.05, 0.1) is 28.4 Å². The number of aryl methyl sites for hydroxylation is 1. The molecule has 0 saturated heterocycles. The van der Waals surface area contributed by atoms with Crippen LogP contribution in [-0.4, -0.2) is 27.5 Å². The normalized spacial score (nSPS) is 11.7. The maximum atomic E-state index is 13.4. The first-order chi connectivity index (χ1) is 16.4. The molecule has 0 radical (unpaired) electrons. The van der Waals surface area contributed by atoms with E-state index in [0.717, 1.165) is 15.9 Å². The summed E-state index contributed by atoms with van der Waals surface area (Å²) in [6, 6.07) is 14.9. The lowest BCUT2D eigenvalue weighted by Gasteiger charge is -2.25. The first-order valence-corrected chi connectivity index (χ1v) is 12.2. The molecule has 3 aromatic carbocycles. The Morgan fingerprint density at radius 3 is 2.23 bits per heavy atom. The Hall–Kier alpha value is -3.24. The molecule has 0 aliphatic heterocycles. The van der Waals surface area contributed by atoms with Crippen LogP contribution in [0.25, 0.3) is 0 Å². The van der Waals surface area contributed by atoms with Crippen molar-refractivity contribution in [2.45, 2.75) is 24.9 Å². The van der Waals surface area contributed by atoms with Crippen molar-refractivity contribution in [2.75, 3.05) is 22.8 Å². The third-order valence-electron chi connectivity index (χ3n) is 4.89. The number of alkyl halides is 3. The second-order valence-corrected chi connectivity index (χ2v) is 9.79. The smallest absolute Gasteiger partial charge is 0.418 e. The number of sulfonamides is 1. The van der Waals surface area contributed by atoms with Crippen molar-refractivity contribution in [3.05, 3.63) is 82.9 Å². The average Bonchev–Trinajstić information content (AvgIpc) is 2.79. The van der Waals surface area contributed by atoms with Gasteiger partial charge in [0, 0.05) is 5.02 Å². The molecule has 3 rings (SSSR count). The highest BCUT2D eigenvalue weighted by molar-refractivity contribution is 7.92. The zero-order valence-electron chi connectivity index (χ0n) is 18.8. The van der Waals surface area contributed by atoms with Gasteiger partial charge in [0.15, 0.2) is 0 Å². The number of halogens is 4. The molecule has 0 unspecified atom stereocenters. The maximum absolute atomic E-state index is 13.4. The van der Waals surface area contributed by atoms with Crippen molar-refractivity contribution in [1.82, 2.24) is 0 Å². The summed E-state index contributed by atoms with van der Waals surface area (Å²) in [5.74, 6) is -0.480. The van der Waals surface area contributed by atoms with Crippen LogP contribution in [0.5, 0.6) is 5.75 Å². The minimum atomic E-state index is -4.78. The van der Waals surface area contributed by atoms with E-state index in [0.29, 0.717) is 18.4 Å². The largest absolute Gasteiger partial charge is 0.494 e. The quantitative estimate of drug-likeness (QED) is 0.396. The van der Waals surface area contributed by atoms with Gasteiger partial charge in [-0.1, -0.05) is 29.3 Å². The standard InChI is InChI=1S/C24H22ClF3N2O4S/c1-3-34-19-9-7-18(8-10-19)30(35(32,33)20-11-4-16(2)5-12-20)15-23(31)29-22-13-6-17(25)14-21(22)24(26,27)28/h4-14H,3,15H2,1-2H3,(H,29,31). The Morgan fingerprint density at radius 1 is 1.03 bits per heavy atom. The van der Waals surface area contributed by atoms with Crippen LogP contribution in [0.2, 0.25) is 5.02 Å². The molecular weight excluding hydrogens is 505 g/mol. The van der Waals surface area contributed by atoms with Crippen molar-refractivity contribution in [1.29, 1.82) is 0 Å². The zero-order chi connectivity index (χ0) is 25.8. The monoisotopic (exact) mass is 526 g/mol. The first-order valence-electron chi connectivity index (χ1n) is 10.4.